The van der Waals surface area contributed by atoms with E-state index in [9.17, 15) is 9.90 Å². The van der Waals surface area contributed by atoms with E-state index < -0.39 is 0 Å². The molecule has 1 heterocycles. The van der Waals surface area contributed by atoms with Crippen LogP contribution in [-0.2, 0) is 15.9 Å². The highest BCUT2D eigenvalue weighted by molar-refractivity contribution is 5.85. The van der Waals surface area contributed by atoms with Gasteiger partial charge in [0, 0.05) is 44.3 Å². The molecule has 4 atom stereocenters. The van der Waals surface area contributed by atoms with E-state index >= 15 is 0 Å². The van der Waals surface area contributed by atoms with Crippen molar-refractivity contribution < 1.29 is 23.7 Å². The second-order valence-corrected chi connectivity index (χ2v) is 9.05. The molecule has 0 aliphatic rings. The first-order chi connectivity index (χ1) is 16.7. The topological polar surface area (TPSA) is 78.1 Å². The summed E-state index contributed by atoms with van der Waals surface area (Å²) in [5.41, 5.74) is 1.93. The van der Waals surface area contributed by atoms with E-state index in [1.54, 1.807) is 21.1 Å². The van der Waals surface area contributed by atoms with Crippen molar-refractivity contribution in [2.75, 3.05) is 21.3 Å². The predicted octanol–water partition coefficient (Wildman–Crippen LogP) is 6.13. The summed E-state index contributed by atoms with van der Waals surface area (Å²) in [6, 6.07) is 2.87. The van der Waals surface area contributed by atoms with E-state index in [4.69, 9.17) is 18.6 Å². The van der Waals surface area contributed by atoms with Crippen LogP contribution in [0.1, 0.15) is 45.4 Å². The van der Waals surface area contributed by atoms with Crippen molar-refractivity contribution in [1.82, 2.24) is 0 Å². The SMILES string of the molecule is CC=C(C)C=CC=CC(OC)C(C)C(OC)C(C)CCc1oc2cc(O)cc(OC)c2c(=O)c1C. The summed E-state index contributed by atoms with van der Waals surface area (Å²) in [7, 11) is 4.90. The predicted molar refractivity (Wildman–Crippen MR) is 141 cm³/mol. The second-order valence-electron chi connectivity index (χ2n) is 9.05. The molecule has 6 nitrogen and oxygen atoms in total. The van der Waals surface area contributed by atoms with Gasteiger partial charge in [-0.25, -0.2) is 0 Å². The number of methoxy groups -OCH3 is 3. The average molecular weight is 485 g/mol. The third-order valence-corrected chi connectivity index (χ3v) is 6.68. The number of ether oxygens (including phenoxy) is 3. The van der Waals surface area contributed by atoms with Crippen LogP contribution < -0.4 is 10.2 Å². The van der Waals surface area contributed by atoms with Gasteiger partial charge in [-0.15, -0.1) is 0 Å². The van der Waals surface area contributed by atoms with Gasteiger partial charge in [0.15, 0.2) is 5.43 Å². The summed E-state index contributed by atoms with van der Waals surface area (Å²) in [6.07, 6.45) is 11.4. The summed E-state index contributed by atoms with van der Waals surface area (Å²) < 4.78 is 23.0. The Hall–Kier alpha value is -2.83. The third-order valence-electron chi connectivity index (χ3n) is 6.68. The van der Waals surface area contributed by atoms with Crippen molar-refractivity contribution in [3.05, 3.63) is 69.6 Å². The van der Waals surface area contributed by atoms with Crippen LogP contribution in [0.25, 0.3) is 11.0 Å². The number of fused-ring (bicyclic) bond motifs is 1. The van der Waals surface area contributed by atoms with Gasteiger partial charge in [0.25, 0.3) is 0 Å². The lowest BCUT2D eigenvalue weighted by atomic mass is 9.86. The van der Waals surface area contributed by atoms with Gasteiger partial charge in [-0.05, 0) is 33.1 Å². The molecular formula is C29H40O6. The Morgan fingerprint density at radius 1 is 1.14 bits per heavy atom. The molecule has 2 aromatic rings. The molecule has 2 rings (SSSR count). The first-order valence-electron chi connectivity index (χ1n) is 12.0. The second kappa shape index (κ2) is 13.3. The van der Waals surface area contributed by atoms with Crippen LogP contribution >= 0.6 is 0 Å². The maximum atomic E-state index is 13.0. The Balaban J connectivity index is 2.19. The highest BCUT2D eigenvalue weighted by atomic mass is 16.5. The molecule has 0 bridgehead atoms. The minimum absolute atomic E-state index is 0.0108. The molecule has 0 radical (unpaired) electrons. The summed E-state index contributed by atoms with van der Waals surface area (Å²) in [5, 5.41) is 10.3. The molecule has 0 saturated heterocycles. The zero-order valence-electron chi connectivity index (χ0n) is 22.3. The molecular weight excluding hydrogens is 444 g/mol. The van der Waals surface area contributed by atoms with Crippen LogP contribution in [0.3, 0.4) is 0 Å². The van der Waals surface area contributed by atoms with Gasteiger partial charge in [-0.3, -0.25) is 4.79 Å². The van der Waals surface area contributed by atoms with Gasteiger partial charge in [0.05, 0.1) is 19.3 Å². The fraction of sp³-hybridized carbons (Fsp3) is 0.483. The highest BCUT2D eigenvalue weighted by Gasteiger charge is 2.29. The first-order valence-corrected chi connectivity index (χ1v) is 12.0. The molecule has 0 saturated carbocycles. The van der Waals surface area contributed by atoms with Gasteiger partial charge < -0.3 is 23.7 Å². The smallest absolute Gasteiger partial charge is 0.199 e. The molecule has 192 valence electrons. The molecule has 0 spiro atoms. The third kappa shape index (κ3) is 7.09. The molecule has 4 unspecified atom stereocenters. The standard InChI is InChI=1S/C29H40O6/c1-9-18(2)12-10-11-13-23(32-6)21(5)29(34-8)19(3)14-15-24-20(4)28(31)27-25(33-7)16-22(30)17-26(27)35-24/h9-13,16-17,19,21,23,29-30H,14-15H2,1-8H3. The molecule has 1 aromatic heterocycles. The quantitative estimate of drug-likeness (QED) is 0.365. The number of benzene rings is 1. The van der Waals surface area contributed by atoms with E-state index in [1.165, 1.54) is 24.8 Å². The molecule has 35 heavy (non-hydrogen) atoms. The lowest BCUT2D eigenvalue weighted by Gasteiger charge is -2.32. The zero-order valence-corrected chi connectivity index (χ0v) is 22.3. The number of phenolic OH excluding ortho intramolecular Hbond substituents is 1. The van der Waals surface area contributed by atoms with Crippen LogP contribution in [0.2, 0.25) is 0 Å². The number of hydrogen-bond acceptors (Lipinski definition) is 6. The van der Waals surface area contributed by atoms with Gasteiger partial charge in [0.2, 0.25) is 0 Å². The summed E-state index contributed by atoms with van der Waals surface area (Å²) in [4.78, 5) is 13.0. The van der Waals surface area contributed by atoms with Crippen LogP contribution in [0, 0.1) is 18.8 Å². The Bertz CT molecular complexity index is 1120. The van der Waals surface area contributed by atoms with Crippen molar-refractivity contribution in [3.63, 3.8) is 0 Å². The number of aromatic hydroxyl groups is 1. The Labute approximate surface area is 208 Å². The number of hydrogen-bond donors (Lipinski definition) is 1. The number of rotatable bonds is 12. The fourth-order valence-corrected chi connectivity index (χ4v) is 4.42. The van der Waals surface area contributed by atoms with Gasteiger partial charge >= 0.3 is 0 Å². The van der Waals surface area contributed by atoms with Crippen molar-refractivity contribution in [1.29, 1.82) is 0 Å². The first kappa shape index (κ1) is 28.4. The minimum Gasteiger partial charge on any atom is -0.508 e. The lowest BCUT2D eigenvalue weighted by Crippen LogP contribution is -2.36. The van der Waals surface area contributed by atoms with Crippen molar-refractivity contribution in [2.24, 2.45) is 11.8 Å². The lowest BCUT2D eigenvalue weighted by molar-refractivity contribution is -0.0343. The maximum absolute atomic E-state index is 13.0. The normalized spacial score (nSPS) is 16.2. The minimum atomic E-state index is -0.145. The van der Waals surface area contributed by atoms with Crippen molar-refractivity contribution >= 4 is 11.0 Å². The van der Waals surface area contributed by atoms with Gasteiger partial charge in [-0.1, -0.05) is 49.8 Å². The van der Waals surface area contributed by atoms with Crippen LogP contribution in [0.5, 0.6) is 11.5 Å². The zero-order chi connectivity index (χ0) is 26.1. The van der Waals surface area contributed by atoms with E-state index in [0.717, 1.165) is 6.42 Å². The van der Waals surface area contributed by atoms with Crippen LogP contribution in [0.4, 0.5) is 0 Å². The highest BCUT2D eigenvalue weighted by Crippen LogP contribution is 2.31. The Kier molecular flexibility index (Phi) is 10.8. The van der Waals surface area contributed by atoms with Crippen LogP contribution in [-0.4, -0.2) is 38.6 Å². The molecule has 1 aromatic carbocycles. The summed E-state index contributed by atoms with van der Waals surface area (Å²) in [5.74, 6) is 1.19. The number of phenols is 1. The van der Waals surface area contributed by atoms with Crippen LogP contribution in [0.15, 0.2) is 57.3 Å². The molecule has 0 amide bonds. The largest absolute Gasteiger partial charge is 0.508 e. The summed E-state index contributed by atoms with van der Waals surface area (Å²) in [6.45, 7) is 10.1. The molecule has 0 aliphatic heterocycles. The molecule has 0 aliphatic carbocycles. The number of allylic oxidation sites excluding steroid dienone is 5. The van der Waals surface area contributed by atoms with E-state index in [2.05, 4.69) is 39.0 Å². The van der Waals surface area contributed by atoms with E-state index in [0.29, 0.717) is 34.5 Å². The van der Waals surface area contributed by atoms with Crippen molar-refractivity contribution in [3.8, 4) is 11.5 Å². The number of aryl methyl sites for hydroxylation is 1. The van der Waals surface area contributed by atoms with Gasteiger partial charge in [-0.2, -0.15) is 0 Å². The average Bonchev–Trinajstić information content (AvgIpc) is 2.84. The monoisotopic (exact) mass is 484 g/mol. The molecule has 6 heteroatoms. The Morgan fingerprint density at radius 2 is 1.86 bits per heavy atom. The molecule has 1 N–H and O–H groups in total. The van der Waals surface area contributed by atoms with E-state index in [1.807, 2.05) is 19.1 Å². The molecule has 0 fully saturated rings. The Morgan fingerprint density at radius 3 is 2.46 bits per heavy atom. The summed E-state index contributed by atoms with van der Waals surface area (Å²) >= 11 is 0. The maximum Gasteiger partial charge on any atom is 0.199 e. The van der Waals surface area contributed by atoms with Crippen molar-refractivity contribution in [2.45, 2.75) is 59.7 Å². The fourth-order valence-electron chi connectivity index (χ4n) is 4.42. The van der Waals surface area contributed by atoms with E-state index in [-0.39, 0.29) is 35.2 Å². The van der Waals surface area contributed by atoms with Gasteiger partial charge in [0.1, 0.15) is 28.2 Å².